The summed E-state index contributed by atoms with van der Waals surface area (Å²) in [6.45, 7) is 4.80. The molecule has 65 heavy (non-hydrogen) atoms. The average molecular weight is 831 g/mol. The van der Waals surface area contributed by atoms with Crippen LogP contribution in [0.5, 0.6) is 0 Å². The van der Waals surface area contributed by atoms with Gasteiger partial charge < -0.3 is 9.80 Å². The zero-order chi connectivity index (χ0) is 43.5. The van der Waals surface area contributed by atoms with E-state index in [0.717, 1.165) is 34.1 Å². The SMILES string of the molecule is CC1(C)c2cc3ccccc3cc2-c2c(N(c3ccccc3)c3ccc(-c4ccc5ccccc5c4)cc3)cc(N(c3ccccc3)c3ccc(-c4ccc5ccccc5c4)cc3)cc21. The second-order valence-electron chi connectivity index (χ2n) is 17.8. The third-order valence-electron chi connectivity index (χ3n) is 13.5. The zero-order valence-corrected chi connectivity index (χ0v) is 36.5. The molecule has 1 aliphatic carbocycles. The summed E-state index contributed by atoms with van der Waals surface area (Å²) in [6, 6.07) is 89.1. The molecule has 0 N–H and O–H groups in total. The minimum Gasteiger partial charge on any atom is -0.310 e. The van der Waals surface area contributed by atoms with Gasteiger partial charge in [-0.1, -0.05) is 172 Å². The molecular formula is C63H46N2. The molecule has 0 unspecified atom stereocenters. The number of rotatable bonds is 8. The van der Waals surface area contributed by atoms with Gasteiger partial charge >= 0.3 is 0 Å². The lowest BCUT2D eigenvalue weighted by molar-refractivity contribution is 0.661. The van der Waals surface area contributed by atoms with Gasteiger partial charge in [0.1, 0.15) is 0 Å². The van der Waals surface area contributed by atoms with Gasteiger partial charge in [0.25, 0.3) is 0 Å². The molecule has 0 saturated carbocycles. The highest BCUT2D eigenvalue weighted by atomic mass is 15.2. The maximum Gasteiger partial charge on any atom is 0.0564 e. The number of hydrogen-bond donors (Lipinski definition) is 0. The van der Waals surface area contributed by atoms with Gasteiger partial charge in [0, 0.05) is 39.4 Å². The Morgan fingerprint density at radius 3 is 1.20 bits per heavy atom. The lowest BCUT2D eigenvalue weighted by Gasteiger charge is -2.33. The summed E-state index contributed by atoms with van der Waals surface area (Å²) < 4.78 is 0. The highest BCUT2D eigenvalue weighted by molar-refractivity contribution is 6.02. The van der Waals surface area contributed by atoms with Gasteiger partial charge in [-0.2, -0.15) is 0 Å². The lowest BCUT2D eigenvalue weighted by atomic mass is 9.81. The zero-order valence-electron chi connectivity index (χ0n) is 36.5. The van der Waals surface area contributed by atoms with E-state index >= 15 is 0 Å². The molecule has 0 aliphatic heterocycles. The standard InChI is InChI=1S/C63H46N2/c1-63(2)59-40-50-20-14-13-19-49(50)39-58(59)62-60(63)41-57(64(53-21-5-3-6-22-53)55-33-29-45(30-34-55)51-27-25-43-15-9-11-17-47(43)37-51)42-61(62)65(54-23-7-4-8-24-54)56-35-31-46(32-36-56)52-28-26-44-16-10-12-18-48(44)38-52/h3-42H,1-2H3. The highest BCUT2D eigenvalue weighted by Gasteiger charge is 2.39. The van der Waals surface area contributed by atoms with Crippen LogP contribution in [0.3, 0.4) is 0 Å². The predicted octanol–water partition coefficient (Wildman–Crippen LogP) is 17.7. The van der Waals surface area contributed by atoms with E-state index < -0.39 is 0 Å². The topological polar surface area (TPSA) is 6.48 Å². The summed E-state index contributed by atoms with van der Waals surface area (Å²) in [5.41, 5.74) is 16.3. The number of para-hydroxylation sites is 2. The van der Waals surface area contributed by atoms with Crippen molar-refractivity contribution in [3.05, 3.63) is 254 Å². The Kier molecular flexibility index (Phi) is 9.21. The first-order chi connectivity index (χ1) is 32.0. The molecule has 1 aliphatic rings. The first kappa shape index (κ1) is 38.5. The van der Waals surface area contributed by atoms with Crippen molar-refractivity contribution in [1.29, 1.82) is 0 Å². The van der Waals surface area contributed by atoms with E-state index in [1.165, 1.54) is 76.8 Å². The summed E-state index contributed by atoms with van der Waals surface area (Å²) in [5, 5.41) is 7.49. The normalized spacial score (nSPS) is 12.6. The van der Waals surface area contributed by atoms with Crippen LogP contribution in [0.4, 0.5) is 34.1 Å². The fourth-order valence-electron chi connectivity index (χ4n) is 10.2. The van der Waals surface area contributed by atoms with E-state index in [-0.39, 0.29) is 5.41 Å². The molecule has 2 heteroatoms. The van der Waals surface area contributed by atoms with Gasteiger partial charge in [-0.25, -0.2) is 0 Å². The summed E-state index contributed by atoms with van der Waals surface area (Å²) in [5.74, 6) is 0. The molecule has 0 heterocycles. The molecule has 11 aromatic carbocycles. The minimum atomic E-state index is -0.288. The Balaban J connectivity index is 1.07. The minimum absolute atomic E-state index is 0.288. The van der Waals surface area contributed by atoms with Crippen molar-refractivity contribution in [2.45, 2.75) is 19.3 Å². The third kappa shape index (κ3) is 6.74. The van der Waals surface area contributed by atoms with Crippen molar-refractivity contribution < 1.29 is 0 Å². The van der Waals surface area contributed by atoms with Crippen LogP contribution < -0.4 is 9.80 Å². The summed E-state index contributed by atoms with van der Waals surface area (Å²) in [7, 11) is 0. The molecule has 0 atom stereocenters. The van der Waals surface area contributed by atoms with Crippen molar-refractivity contribution in [2.24, 2.45) is 0 Å². The van der Waals surface area contributed by atoms with Crippen molar-refractivity contribution >= 4 is 66.4 Å². The summed E-state index contributed by atoms with van der Waals surface area (Å²) >= 11 is 0. The lowest BCUT2D eigenvalue weighted by Crippen LogP contribution is -2.18. The van der Waals surface area contributed by atoms with Crippen molar-refractivity contribution in [1.82, 2.24) is 0 Å². The maximum absolute atomic E-state index is 2.47. The molecule has 0 amide bonds. The molecule has 2 nitrogen and oxygen atoms in total. The molecule has 0 radical (unpaired) electrons. The monoisotopic (exact) mass is 830 g/mol. The highest BCUT2D eigenvalue weighted by Crippen LogP contribution is 2.57. The number of benzene rings is 11. The largest absolute Gasteiger partial charge is 0.310 e. The Bertz CT molecular complexity index is 3550. The van der Waals surface area contributed by atoms with Gasteiger partial charge in [0.15, 0.2) is 0 Å². The van der Waals surface area contributed by atoms with Crippen LogP contribution in [0.15, 0.2) is 243 Å². The molecule has 12 rings (SSSR count). The van der Waals surface area contributed by atoms with Crippen LogP contribution in [-0.2, 0) is 5.41 Å². The fourth-order valence-corrected chi connectivity index (χ4v) is 10.2. The fraction of sp³-hybridized carbons (Fsp3) is 0.0476. The van der Waals surface area contributed by atoms with Crippen LogP contribution in [0.2, 0.25) is 0 Å². The van der Waals surface area contributed by atoms with Crippen molar-refractivity contribution in [3.8, 4) is 33.4 Å². The molecule has 0 spiro atoms. The number of nitrogens with zero attached hydrogens (tertiary/aromatic N) is 2. The van der Waals surface area contributed by atoms with Crippen molar-refractivity contribution in [3.63, 3.8) is 0 Å². The first-order valence-electron chi connectivity index (χ1n) is 22.6. The van der Waals surface area contributed by atoms with E-state index in [0.29, 0.717) is 0 Å². The van der Waals surface area contributed by atoms with Gasteiger partial charge in [0.05, 0.1) is 5.69 Å². The molecule has 11 aromatic rings. The molecule has 0 aromatic heterocycles. The van der Waals surface area contributed by atoms with E-state index in [1.54, 1.807) is 0 Å². The van der Waals surface area contributed by atoms with Crippen LogP contribution in [-0.4, -0.2) is 0 Å². The van der Waals surface area contributed by atoms with E-state index in [4.69, 9.17) is 0 Å². The van der Waals surface area contributed by atoms with Gasteiger partial charge in [-0.15, -0.1) is 0 Å². The molecule has 308 valence electrons. The Morgan fingerprint density at radius 2 is 0.677 bits per heavy atom. The Morgan fingerprint density at radius 1 is 0.277 bits per heavy atom. The van der Waals surface area contributed by atoms with E-state index in [9.17, 15) is 0 Å². The van der Waals surface area contributed by atoms with Gasteiger partial charge in [-0.3, -0.25) is 0 Å². The van der Waals surface area contributed by atoms with Crippen molar-refractivity contribution in [2.75, 3.05) is 9.80 Å². The van der Waals surface area contributed by atoms with Crippen LogP contribution >= 0.6 is 0 Å². The smallest absolute Gasteiger partial charge is 0.0564 e. The summed E-state index contributed by atoms with van der Waals surface area (Å²) in [4.78, 5) is 4.90. The molecular weight excluding hydrogens is 785 g/mol. The number of hydrogen-bond acceptors (Lipinski definition) is 2. The van der Waals surface area contributed by atoms with Crippen LogP contribution in [0.25, 0.3) is 65.7 Å². The van der Waals surface area contributed by atoms with E-state index in [1.807, 2.05) is 0 Å². The number of anilines is 6. The van der Waals surface area contributed by atoms with Crippen LogP contribution in [0, 0.1) is 0 Å². The second kappa shape index (κ2) is 15.6. The average Bonchev–Trinajstić information content (AvgIpc) is 3.58. The Labute approximate surface area is 380 Å². The Hall–Kier alpha value is -8.20. The first-order valence-corrected chi connectivity index (χ1v) is 22.6. The molecule has 0 bridgehead atoms. The maximum atomic E-state index is 2.47. The quantitative estimate of drug-likeness (QED) is 0.151. The molecule has 0 fully saturated rings. The third-order valence-corrected chi connectivity index (χ3v) is 13.5. The van der Waals surface area contributed by atoms with Crippen LogP contribution in [0.1, 0.15) is 25.0 Å². The predicted molar refractivity (Wildman–Crippen MR) is 277 cm³/mol. The van der Waals surface area contributed by atoms with Gasteiger partial charge in [-0.05, 0) is 156 Å². The number of fused-ring (bicyclic) bond motifs is 6. The van der Waals surface area contributed by atoms with E-state index in [2.05, 4.69) is 266 Å². The molecule has 0 saturated heterocycles. The van der Waals surface area contributed by atoms with Gasteiger partial charge in [0.2, 0.25) is 0 Å². The summed E-state index contributed by atoms with van der Waals surface area (Å²) in [6.07, 6.45) is 0. The second-order valence-corrected chi connectivity index (χ2v) is 17.8.